The van der Waals surface area contributed by atoms with E-state index in [4.69, 9.17) is 0 Å². The SMILES string of the molecule is CCC1NC(=O)CN(Cc2ccccc2Br)C1=O. The van der Waals surface area contributed by atoms with E-state index in [-0.39, 0.29) is 24.4 Å². The Bertz CT molecular complexity index is 476. The lowest BCUT2D eigenvalue weighted by Gasteiger charge is -2.32. The second-order valence-electron chi connectivity index (χ2n) is 4.31. The van der Waals surface area contributed by atoms with Crippen LogP contribution >= 0.6 is 15.9 Å². The van der Waals surface area contributed by atoms with E-state index in [1.807, 2.05) is 31.2 Å². The average Bonchev–Trinajstić information content (AvgIpc) is 2.36. The van der Waals surface area contributed by atoms with Crippen LogP contribution in [0.3, 0.4) is 0 Å². The molecule has 0 aromatic heterocycles. The van der Waals surface area contributed by atoms with Crippen molar-refractivity contribution in [2.24, 2.45) is 0 Å². The molecule has 0 radical (unpaired) electrons. The molecule has 0 aliphatic carbocycles. The van der Waals surface area contributed by atoms with Crippen molar-refractivity contribution in [3.63, 3.8) is 0 Å². The van der Waals surface area contributed by atoms with Gasteiger partial charge in [0.1, 0.15) is 6.04 Å². The maximum atomic E-state index is 12.1. The highest BCUT2D eigenvalue weighted by Crippen LogP contribution is 2.19. The number of amides is 2. The van der Waals surface area contributed by atoms with Crippen LogP contribution in [0.25, 0.3) is 0 Å². The summed E-state index contributed by atoms with van der Waals surface area (Å²) < 4.78 is 0.955. The molecular formula is C13H15BrN2O2. The second-order valence-corrected chi connectivity index (χ2v) is 5.17. The lowest BCUT2D eigenvalue weighted by atomic mass is 10.1. The van der Waals surface area contributed by atoms with E-state index in [0.29, 0.717) is 13.0 Å². The number of hydrogen-bond acceptors (Lipinski definition) is 2. The van der Waals surface area contributed by atoms with Gasteiger partial charge >= 0.3 is 0 Å². The third kappa shape index (κ3) is 2.72. The van der Waals surface area contributed by atoms with Crippen LogP contribution in [0.5, 0.6) is 0 Å². The number of carbonyl (C=O) groups is 2. The first-order valence-corrected chi connectivity index (χ1v) is 6.72. The molecule has 1 fully saturated rings. The summed E-state index contributed by atoms with van der Waals surface area (Å²) in [4.78, 5) is 25.3. The summed E-state index contributed by atoms with van der Waals surface area (Å²) >= 11 is 3.45. The number of carbonyl (C=O) groups excluding carboxylic acids is 2. The minimum atomic E-state index is -0.381. The third-order valence-electron chi connectivity index (χ3n) is 3.01. The number of halogens is 1. The van der Waals surface area contributed by atoms with E-state index in [1.165, 1.54) is 0 Å². The Kier molecular flexibility index (Phi) is 4.01. The first-order valence-electron chi connectivity index (χ1n) is 5.93. The molecule has 1 aliphatic heterocycles. The van der Waals surface area contributed by atoms with E-state index >= 15 is 0 Å². The van der Waals surface area contributed by atoms with Gasteiger partial charge in [0.2, 0.25) is 11.8 Å². The molecule has 5 heteroatoms. The van der Waals surface area contributed by atoms with Gasteiger partial charge in [0.15, 0.2) is 0 Å². The van der Waals surface area contributed by atoms with Gasteiger partial charge in [-0.25, -0.2) is 0 Å². The molecule has 0 saturated carbocycles. The number of nitrogens with zero attached hydrogens (tertiary/aromatic N) is 1. The van der Waals surface area contributed by atoms with Crippen molar-refractivity contribution in [3.8, 4) is 0 Å². The van der Waals surface area contributed by atoms with Crippen molar-refractivity contribution in [1.29, 1.82) is 0 Å². The van der Waals surface area contributed by atoms with E-state index in [1.54, 1.807) is 4.90 Å². The van der Waals surface area contributed by atoms with Crippen LogP contribution in [-0.4, -0.2) is 29.3 Å². The van der Waals surface area contributed by atoms with Crippen molar-refractivity contribution in [2.75, 3.05) is 6.54 Å². The summed E-state index contributed by atoms with van der Waals surface area (Å²) in [7, 11) is 0. The molecule has 1 saturated heterocycles. The van der Waals surface area contributed by atoms with Gasteiger partial charge in [0.05, 0.1) is 6.54 Å². The Labute approximate surface area is 114 Å². The van der Waals surface area contributed by atoms with Crippen molar-refractivity contribution < 1.29 is 9.59 Å². The van der Waals surface area contributed by atoms with Crippen LogP contribution in [-0.2, 0) is 16.1 Å². The normalized spacial score (nSPS) is 19.9. The lowest BCUT2D eigenvalue weighted by molar-refractivity contribution is -0.144. The highest BCUT2D eigenvalue weighted by molar-refractivity contribution is 9.10. The minimum Gasteiger partial charge on any atom is -0.343 e. The highest BCUT2D eigenvalue weighted by atomic mass is 79.9. The smallest absolute Gasteiger partial charge is 0.245 e. The zero-order valence-electron chi connectivity index (χ0n) is 10.1. The van der Waals surface area contributed by atoms with Crippen LogP contribution in [0.2, 0.25) is 0 Å². The predicted octanol–water partition coefficient (Wildman–Crippen LogP) is 1.69. The molecule has 2 amide bonds. The summed E-state index contributed by atoms with van der Waals surface area (Å²) in [5.74, 6) is -0.0960. The monoisotopic (exact) mass is 310 g/mol. The zero-order chi connectivity index (χ0) is 13.1. The van der Waals surface area contributed by atoms with Gasteiger partial charge in [-0.2, -0.15) is 0 Å². The molecule has 4 nitrogen and oxygen atoms in total. The molecule has 1 N–H and O–H groups in total. The maximum absolute atomic E-state index is 12.1. The van der Waals surface area contributed by atoms with Crippen LogP contribution in [0.4, 0.5) is 0 Å². The Balaban J connectivity index is 2.15. The molecular weight excluding hydrogens is 296 g/mol. The number of hydrogen-bond donors (Lipinski definition) is 1. The number of benzene rings is 1. The van der Waals surface area contributed by atoms with E-state index in [0.717, 1.165) is 10.0 Å². The molecule has 1 aromatic rings. The van der Waals surface area contributed by atoms with E-state index in [9.17, 15) is 9.59 Å². The van der Waals surface area contributed by atoms with Crippen molar-refractivity contribution in [2.45, 2.75) is 25.9 Å². The number of rotatable bonds is 3. The Morgan fingerprint density at radius 3 is 2.78 bits per heavy atom. The molecule has 2 rings (SSSR count). The molecule has 1 heterocycles. The van der Waals surface area contributed by atoms with Gasteiger partial charge in [-0.05, 0) is 18.1 Å². The second kappa shape index (κ2) is 5.52. The quantitative estimate of drug-likeness (QED) is 0.923. The van der Waals surface area contributed by atoms with Crippen LogP contribution in [0.15, 0.2) is 28.7 Å². The molecule has 1 atom stereocenters. The van der Waals surface area contributed by atoms with E-state index < -0.39 is 0 Å². The average molecular weight is 311 g/mol. The van der Waals surface area contributed by atoms with Crippen LogP contribution in [0.1, 0.15) is 18.9 Å². The molecule has 1 aliphatic rings. The van der Waals surface area contributed by atoms with Gasteiger partial charge < -0.3 is 10.2 Å². The van der Waals surface area contributed by atoms with Crippen LogP contribution in [0, 0.1) is 0 Å². The van der Waals surface area contributed by atoms with E-state index in [2.05, 4.69) is 21.2 Å². The van der Waals surface area contributed by atoms with Gasteiger partial charge in [-0.15, -0.1) is 0 Å². The largest absolute Gasteiger partial charge is 0.343 e. The zero-order valence-corrected chi connectivity index (χ0v) is 11.7. The summed E-state index contributed by atoms with van der Waals surface area (Å²) in [5.41, 5.74) is 1.01. The standard InChI is InChI=1S/C13H15BrN2O2/c1-2-11-13(18)16(8-12(17)15-11)7-9-5-3-4-6-10(9)14/h3-6,11H,2,7-8H2,1H3,(H,15,17). The molecule has 18 heavy (non-hydrogen) atoms. The lowest BCUT2D eigenvalue weighted by Crippen LogP contribution is -2.57. The maximum Gasteiger partial charge on any atom is 0.245 e. The Hall–Kier alpha value is -1.36. The van der Waals surface area contributed by atoms with Gasteiger partial charge in [0.25, 0.3) is 0 Å². The summed E-state index contributed by atoms with van der Waals surface area (Å²) in [5, 5.41) is 2.70. The summed E-state index contributed by atoms with van der Waals surface area (Å²) in [6.45, 7) is 2.49. The number of piperazine rings is 1. The Morgan fingerprint density at radius 1 is 1.39 bits per heavy atom. The predicted molar refractivity (Wildman–Crippen MR) is 71.8 cm³/mol. The topological polar surface area (TPSA) is 49.4 Å². The molecule has 96 valence electrons. The molecule has 0 bridgehead atoms. The van der Waals surface area contributed by atoms with Gasteiger partial charge in [-0.3, -0.25) is 9.59 Å². The molecule has 0 spiro atoms. The first-order chi connectivity index (χ1) is 8.61. The number of nitrogens with one attached hydrogen (secondary N) is 1. The van der Waals surface area contributed by atoms with Crippen molar-refractivity contribution in [1.82, 2.24) is 10.2 Å². The fraction of sp³-hybridized carbons (Fsp3) is 0.385. The highest BCUT2D eigenvalue weighted by Gasteiger charge is 2.31. The third-order valence-corrected chi connectivity index (χ3v) is 3.78. The fourth-order valence-electron chi connectivity index (χ4n) is 2.02. The van der Waals surface area contributed by atoms with Gasteiger partial charge in [-0.1, -0.05) is 41.1 Å². The Morgan fingerprint density at radius 2 is 2.11 bits per heavy atom. The van der Waals surface area contributed by atoms with Gasteiger partial charge in [0, 0.05) is 11.0 Å². The minimum absolute atomic E-state index is 0.00662. The summed E-state index contributed by atoms with van der Waals surface area (Å²) in [6.07, 6.45) is 0.622. The first kappa shape index (κ1) is 13.1. The van der Waals surface area contributed by atoms with Crippen LogP contribution < -0.4 is 5.32 Å². The summed E-state index contributed by atoms with van der Waals surface area (Å²) in [6, 6.07) is 7.35. The fourth-order valence-corrected chi connectivity index (χ4v) is 2.43. The van der Waals surface area contributed by atoms with Crippen molar-refractivity contribution >= 4 is 27.7 Å². The molecule has 1 aromatic carbocycles. The van der Waals surface area contributed by atoms with Crippen molar-refractivity contribution in [3.05, 3.63) is 34.3 Å². The molecule has 1 unspecified atom stereocenters.